The van der Waals surface area contributed by atoms with Gasteiger partial charge in [0.05, 0.1) is 4.90 Å². The van der Waals surface area contributed by atoms with Gasteiger partial charge in [-0.2, -0.15) is 4.31 Å². The second-order valence-electron chi connectivity index (χ2n) is 11.5. The SMILES string of the molecule is CN(C)c1cccc2c(S(=O)(=O)N3CCCC[C@H]3C(=O)N3CCCC[C@H]3C(=O)N[C@@H](CCCN=C(N)N)C(=O)O)cccc12. The van der Waals surface area contributed by atoms with Gasteiger partial charge in [0.1, 0.15) is 18.1 Å². The van der Waals surface area contributed by atoms with E-state index in [1.807, 2.05) is 37.2 Å². The number of nitrogens with one attached hydrogen (secondary N) is 1. The first-order valence-electron chi connectivity index (χ1n) is 15.0. The number of aliphatic carboxylic acids is 1. The molecule has 2 aliphatic heterocycles. The molecule has 0 aromatic heterocycles. The van der Waals surface area contributed by atoms with Crippen LogP contribution < -0.4 is 21.7 Å². The molecule has 2 aliphatic rings. The highest BCUT2D eigenvalue weighted by molar-refractivity contribution is 7.89. The van der Waals surface area contributed by atoms with Gasteiger partial charge >= 0.3 is 5.97 Å². The fourth-order valence-corrected chi connectivity index (χ4v) is 7.99. The number of nitrogens with zero attached hydrogens (tertiary/aromatic N) is 4. The molecule has 44 heavy (non-hydrogen) atoms. The minimum absolute atomic E-state index is 0.102. The Morgan fingerprint density at radius 3 is 2.34 bits per heavy atom. The van der Waals surface area contributed by atoms with E-state index >= 15 is 0 Å². The van der Waals surface area contributed by atoms with Crippen molar-refractivity contribution in [1.29, 1.82) is 0 Å². The highest BCUT2D eigenvalue weighted by Crippen LogP contribution is 2.34. The van der Waals surface area contributed by atoms with E-state index in [4.69, 9.17) is 11.5 Å². The minimum Gasteiger partial charge on any atom is -0.480 e. The zero-order chi connectivity index (χ0) is 32.0. The van der Waals surface area contributed by atoms with Crippen LogP contribution in [0.25, 0.3) is 10.8 Å². The van der Waals surface area contributed by atoms with E-state index in [-0.39, 0.29) is 36.9 Å². The summed E-state index contributed by atoms with van der Waals surface area (Å²) in [6, 6.07) is 7.63. The van der Waals surface area contributed by atoms with Crippen LogP contribution in [0.2, 0.25) is 0 Å². The van der Waals surface area contributed by atoms with Crippen molar-refractivity contribution in [3.05, 3.63) is 36.4 Å². The fraction of sp³-hybridized carbons (Fsp3) is 0.533. The Morgan fingerprint density at radius 1 is 1.00 bits per heavy atom. The number of sulfonamides is 1. The molecule has 0 unspecified atom stereocenters. The normalized spacial score (nSPS) is 20.1. The summed E-state index contributed by atoms with van der Waals surface area (Å²) in [4.78, 5) is 46.8. The standard InChI is InChI=1S/C30H43N7O6S/c1-35(2)23-15-7-11-21-20(23)10-8-16-26(21)44(42,43)37-19-6-4-14-25(37)28(39)36-18-5-3-13-24(36)27(38)34-22(29(40)41)12-9-17-33-30(31)32/h7-8,10-11,15-16,22,24-25H,3-6,9,12-14,17-19H2,1-2H3,(H,34,38)(H,40,41)(H4,31,32,33)/t22-,24-,25-/m0/s1. The molecule has 2 amide bonds. The molecule has 6 N–H and O–H groups in total. The number of carboxylic acid groups (broad SMARTS) is 1. The molecule has 13 nitrogen and oxygen atoms in total. The molecule has 240 valence electrons. The van der Waals surface area contributed by atoms with Crippen molar-refractivity contribution in [2.24, 2.45) is 16.5 Å². The lowest BCUT2D eigenvalue weighted by atomic mass is 9.97. The van der Waals surface area contributed by atoms with Gasteiger partial charge < -0.3 is 31.7 Å². The Balaban J connectivity index is 1.58. The van der Waals surface area contributed by atoms with Crippen molar-refractivity contribution < 1.29 is 27.9 Å². The number of likely N-dealkylation sites (tertiary alicyclic amines) is 1. The van der Waals surface area contributed by atoms with Crippen molar-refractivity contribution in [3.8, 4) is 0 Å². The van der Waals surface area contributed by atoms with Crippen LogP contribution in [-0.4, -0.2) is 98.3 Å². The number of aliphatic imine (C=N–C) groups is 1. The maximum atomic E-state index is 14.3. The van der Waals surface area contributed by atoms with Gasteiger partial charge in [-0.05, 0) is 57.1 Å². The highest BCUT2D eigenvalue weighted by Gasteiger charge is 2.43. The molecule has 0 saturated carbocycles. The second kappa shape index (κ2) is 14.2. The third-order valence-electron chi connectivity index (χ3n) is 8.31. The van der Waals surface area contributed by atoms with Crippen molar-refractivity contribution in [2.45, 2.75) is 74.4 Å². The Hall–Kier alpha value is -3.91. The van der Waals surface area contributed by atoms with Crippen molar-refractivity contribution >= 4 is 50.2 Å². The van der Waals surface area contributed by atoms with Crippen molar-refractivity contribution in [2.75, 3.05) is 38.6 Å². The first kappa shape index (κ1) is 33.0. The number of carbonyl (C=O) groups excluding carboxylic acids is 2. The predicted octanol–water partition coefficient (Wildman–Crippen LogP) is 1.45. The summed E-state index contributed by atoms with van der Waals surface area (Å²) in [5, 5.41) is 13.7. The van der Waals surface area contributed by atoms with Gasteiger partial charge in [0, 0.05) is 50.2 Å². The zero-order valence-corrected chi connectivity index (χ0v) is 26.1. The molecular weight excluding hydrogens is 586 g/mol. The van der Waals surface area contributed by atoms with Crippen LogP contribution in [0.5, 0.6) is 0 Å². The zero-order valence-electron chi connectivity index (χ0n) is 25.3. The molecule has 2 aromatic rings. The van der Waals surface area contributed by atoms with Gasteiger partial charge in [-0.25, -0.2) is 13.2 Å². The third-order valence-corrected chi connectivity index (χ3v) is 10.3. The predicted molar refractivity (Wildman–Crippen MR) is 169 cm³/mol. The van der Waals surface area contributed by atoms with E-state index in [0.717, 1.165) is 11.1 Å². The van der Waals surface area contributed by atoms with Gasteiger partial charge in [0.25, 0.3) is 0 Å². The number of piperidine rings is 2. The Kier molecular flexibility index (Phi) is 10.7. The van der Waals surface area contributed by atoms with Crippen molar-refractivity contribution in [3.63, 3.8) is 0 Å². The minimum atomic E-state index is -4.09. The number of carbonyl (C=O) groups is 3. The summed E-state index contributed by atoms with van der Waals surface area (Å²) in [7, 11) is -0.301. The summed E-state index contributed by atoms with van der Waals surface area (Å²) in [6.07, 6.45) is 3.75. The summed E-state index contributed by atoms with van der Waals surface area (Å²) in [5.41, 5.74) is 11.5. The van der Waals surface area contributed by atoms with Crippen LogP contribution in [-0.2, 0) is 24.4 Å². The van der Waals surface area contributed by atoms with Crippen molar-refractivity contribution in [1.82, 2.24) is 14.5 Å². The summed E-state index contributed by atoms with van der Waals surface area (Å²) < 4.78 is 29.8. The Morgan fingerprint density at radius 2 is 1.66 bits per heavy atom. The fourth-order valence-electron chi connectivity index (χ4n) is 6.13. The van der Waals surface area contributed by atoms with E-state index < -0.39 is 45.9 Å². The largest absolute Gasteiger partial charge is 0.480 e. The van der Waals surface area contributed by atoms with Crippen LogP contribution in [0.3, 0.4) is 0 Å². The average Bonchev–Trinajstić information content (AvgIpc) is 3.01. The second-order valence-corrected chi connectivity index (χ2v) is 13.4. The van der Waals surface area contributed by atoms with E-state index in [9.17, 15) is 27.9 Å². The molecule has 0 radical (unpaired) electrons. The molecule has 2 heterocycles. The molecule has 0 spiro atoms. The maximum absolute atomic E-state index is 14.3. The monoisotopic (exact) mass is 629 g/mol. The number of benzene rings is 2. The molecule has 2 aromatic carbocycles. The lowest BCUT2D eigenvalue weighted by Gasteiger charge is -2.41. The van der Waals surface area contributed by atoms with Gasteiger partial charge in [-0.1, -0.05) is 30.7 Å². The number of fused-ring (bicyclic) bond motifs is 1. The summed E-state index contributed by atoms with van der Waals surface area (Å²) in [5.74, 6) is -2.30. The summed E-state index contributed by atoms with van der Waals surface area (Å²) >= 11 is 0. The number of carboxylic acids is 1. The van der Waals surface area contributed by atoms with E-state index in [2.05, 4.69) is 10.3 Å². The molecule has 2 saturated heterocycles. The lowest BCUT2D eigenvalue weighted by Crippen LogP contribution is -2.60. The molecule has 2 fully saturated rings. The van der Waals surface area contributed by atoms with E-state index in [1.54, 1.807) is 18.2 Å². The lowest BCUT2D eigenvalue weighted by molar-refractivity contribution is -0.148. The number of rotatable bonds is 11. The smallest absolute Gasteiger partial charge is 0.326 e. The van der Waals surface area contributed by atoms with Crippen LogP contribution >= 0.6 is 0 Å². The number of hydrogen-bond donors (Lipinski definition) is 4. The summed E-state index contributed by atoms with van der Waals surface area (Å²) in [6.45, 7) is 0.684. The number of hydrogen-bond acceptors (Lipinski definition) is 7. The molecular formula is C30H43N7O6S. The van der Waals surface area contributed by atoms with Gasteiger partial charge in [-0.3, -0.25) is 14.6 Å². The topological polar surface area (TPSA) is 192 Å². The molecule has 0 bridgehead atoms. The Labute approximate surface area is 258 Å². The van der Waals surface area contributed by atoms with Gasteiger partial charge in [0.2, 0.25) is 21.8 Å². The quantitative estimate of drug-likeness (QED) is 0.162. The Bertz CT molecular complexity index is 1510. The number of guanidine groups is 1. The van der Waals surface area contributed by atoms with E-state index in [1.165, 1.54) is 9.21 Å². The third kappa shape index (κ3) is 7.24. The maximum Gasteiger partial charge on any atom is 0.326 e. The van der Waals surface area contributed by atoms with Gasteiger partial charge in [0.15, 0.2) is 5.96 Å². The van der Waals surface area contributed by atoms with Crippen LogP contribution in [0.1, 0.15) is 51.4 Å². The van der Waals surface area contributed by atoms with Crippen LogP contribution in [0, 0.1) is 0 Å². The highest BCUT2D eigenvalue weighted by atomic mass is 32.2. The number of amides is 2. The average molecular weight is 630 g/mol. The number of anilines is 1. The van der Waals surface area contributed by atoms with Gasteiger partial charge in [-0.15, -0.1) is 0 Å². The first-order valence-corrected chi connectivity index (χ1v) is 16.5. The number of nitrogens with two attached hydrogens (primary N) is 2. The first-order chi connectivity index (χ1) is 20.9. The van der Waals surface area contributed by atoms with Crippen LogP contribution in [0.4, 0.5) is 5.69 Å². The molecule has 0 aliphatic carbocycles. The van der Waals surface area contributed by atoms with E-state index in [0.29, 0.717) is 50.3 Å². The molecule has 3 atom stereocenters. The van der Waals surface area contributed by atoms with Crippen LogP contribution in [0.15, 0.2) is 46.3 Å². The molecule has 4 rings (SSSR count). The molecule has 14 heteroatoms.